The van der Waals surface area contributed by atoms with Gasteiger partial charge in [0.15, 0.2) is 17.3 Å². The van der Waals surface area contributed by atoms with Crippen LogP contribution < -0.4 is 0 Å². The number of allylic oxidation sites excluding steroid dienone is 3. The second-order valence-corrected chi connectivity index (χ2v) is 8.87. The van der Waals surface area contributed by atoms with Gasteiger partial charge in [-0.2, -0.15) is 4.68 Å². The summed E-state index contributed by atoms with van der Waals surface area (Å²) in [6, 6.07) is 5.39. The fourth-order valence-corrected chi connectivity index (χ4v) is 4.63. The number of aromatic nitrogens is 5. The minimum absolute atomic E-state index is 0.0280. The Morgan fingerprint density at radius 1 is 1.19 bits per heavy atom. The molecule has 36 heavy (non-hydrogen) atoms. The molecule has 11 nitrogen and oxygen atoms in total. The largest absolute Gasteiger partial charge is 0.470 e. The number of ether oxygens (including phenoxy) is 2. The predicted octanol–water partition coefficient (Wildman–Crippen LogP) is 3.07. The lowest BCUT2D eigenvalue weighted by molar-refractivity contribution is 0.0792. The summed E-state index contributed by atoms with van der Waals surface area (Å²) in [6.45, 7) is 2.13. The quantitative estimate of drug-likeness (QED) is 0.520. The zero-order valence-corrected chi connectivity index (χ0v) is 19.8. The molecule has 184 valence electrons. The number of hydrogen-bond acceptors (Lipinski definition) is 9. The Kier molecular flexibility index (Phi) is 5.90. The fraction of sp³-hybridized carbons (Fsp3) is 0.360. The van der Waals surface area contributed by atoms with Crippen molar-refractivity contribution in [1.82, 2.24) is 29.9 Å². The molecule has 0 saturated carbocycles. The summed E-state index contributed by atoms with van der Waals surface area (Å²) in [4.78, 5) is 18.9. The molecular weight excluding hydrogens is 462 g/mol. The summed E-state index contributed by atoms with van der Waals surface area (Å²) in [5.41, 5.74) is 2.75. The maximum atomic E-state index is 12.6. The van der Waals surface area contributed by atoms with Gasteiger partial charge in [0.2, 0.25) is 11.7 Å². The lowest BCUT2D eigenvalue weighted by Gasteiger charge is -2.26. The molecule has 1 unspecified atom stereocenters. The van der Waals surface area contributed by atoms with Crippen molar-refractivity contribution in [1.29, 1.82) is 0 Å². The van der Waals surface area contributed by atoms with Crippen LogP contribution in [0, 0.1) is 0 Å². The fourth-order valence-electron chi connectivity index (χ4n) is 4.63. The lowest BCUT2D eigenvalue weighted by Crippen LogP contribution is -2.27. The van der Waals surface area contributed by atoms with E-state index >= 15 is 0 Å². The van der Waals surface area contributed by atoms with Crippen LogP contribution in [0.25, 0.3) is 11.5 Å². The number of methoxy groups -OCH3 is 1. The number of pyridine rings is 1. The molecule has 1 atom stereocenters. The highest BCUT2D eigenvalue weighted by Gasteiger charge is 2.34. The Labute approximate surface area is 207 Å². The van der Waals surface area contributed by atoms with Crippen LogP contribution in [-0.2, 0) is 22.7 Å². The van der Waals surface area contributed by atoms with E-state index in [2.05, 4.69) is 26.4 Å². The molecule has 3 aliphatic rings. The van der Waals surface area contributed by atoms with Crippen LogP contribution >= 0.6 is 0 Å². The molecule has 1 amide bonds. The van der Waals surface area contributed by atoms with E-state index in [1.807, 2.05) is 23.1 Å². The van der Waals surface area contributed by atoms with Gasteiger partial charge < -0.3 is 18.9 Å². The number of rotatable bonds is 6. The molecule has 11 heteroatoms. The van der Waals surface area contributed by atoms with Gasteiger partial charge in [0.1, 0.15) is 13.2 Å². The van der Waals surface area contributed by atoms with Gasteiger partial charge in [-0.3, -0.25) is 9.78 Å². The molecule has 6 rings (SSSR count). The molecule has 0 bridgehead atoms. The van der Waals surface area contributed by atoms with Crippen LogP contribution in [-0.4, -0.2) is 61.9 Å². The molecule has 1 aliphatic carbocycles. The summed E-state index contributed by atoms with van der Waals surface area (Å²) in [6.07, 6.45) is 10.5. The Morgan fingerprint density at radius 2 is 2.08 bits per heavy atom. The molecule has 0 radical (unpaired) electrons. The Bertz CT molecular complexity index is 1360. The van der Waals surface area contributed by atoms with Crippen LogP contribution in [0.15, 0.2) is 57.8 Å². The van der Waals surface area contributed by atoms with Crippen molar-refractivity contribution in [3.05, 3.63) is 71.0 Å². The molecule has 2 aliphatic heterocycles. The molecule has 3 aromatic rings. The maximum Gasteiger partial charge on any atom is 0.255 e. The first kappa shape index (κ1) is 22.4. The first-order valence-corrected chi connectivity index (χ1v) is 11.9. The standard InChI is InChI=1S/C25H25N7O4/c1-34-15-18-12-21(30-36-18)23-28-27-22-19-6-2-3-7-20(19)24(29-32(22)23)35-14-17-9-8-16(13-26-17)25(33)31-10-4-5-11-31/h2-3,7-9,12-13,19H,4-6,10-11,14-15H2,1H3. The summed E-state index contributed by atoms with van der Waals surface area (Å²) < 4.78 is 18.2. The molecule has 3 aromatic heterocycles. The van der Waals surface area contributed by atoms with Crippen molar-refractivity contribution in [2.24, 2.45) is 5.10 Å². The van der Waals surface area contributed by atoms with E-state index in [-0.39, 0.29) is 18.4 Å². The van der Waals surface area contributed by atoms with E-state index in [1.165, 1.54) is 0 Å². The summed E-state index contributed by atoms with van der Waals surface area (Å²) >= 11 is 0. The summed E-state index contributed by atoms with van der Waals surface area (Å²) in [7, 11) is 1.59. The minimum Gasteiger partial charge on any atom is -0.470 e. The SMILES string of the molecule is COCc1cc(-c2nnc3n2N=C(OCc2ccc(C(=O)N4CCCC4)cn2)C2=CC=CCC23)no1. The van der Waals surface area contributed by atoms with Gasteiger partial charge in [-0.1, -0.05) is 23.4 Å². The molecule has 0 spiro atoms. The van der Waals surface area contributed by atoms with E-state index in [4.69, 9.17) is 19.1 Å². The van der Waals surface area contributed by atoms with E-state index < -0.39 is 0 Å². The first-order valence-electron chi connectivity index (χ1n) is 11.9. The maximum absolute atomic E-state index is 12.6. The summed E-state index contributed by atoms with van der Waals surface area (Å²) in [5.74, 6) is 2.22. The van der Waals surface area contributed by atoms with Crippen LogP contribution in [0.4, 0.5) is 0 Å². The first-order chi connectivity index (χ1) is 17.7. The monoisotopic (exact) mass is 487 g/mol. The number of nitrogens with zero attached hydrogens (tertiary/aromatic N) is 7. The smallest absolute Gasteiger partial charge is 0.255 e. The zero-order valence-electron chi connectivity index (χ0n) is 19.8. The molecular formula is C25H25N7O4. The van der Waals surface area contributed by atoms with Crippen LogP contribution in [0.2, 0.25) is 0 Å². The molecule has 1 saturated heterocycles. The van der Waals surface area contributed by atoms with Gasteiger partial charge in [0, 0.05) is 38.0 Å². The van der Waals surface area contributed by atoms with Gasteiger partial charge in [-0.15, -0.1) is 15.3 Å². The number of fused-ring (bicyclic) bond motifs is 3. The third kappa shape index (κ3) is 4.11. The van der Waals surface area contributed by atoms with Gasteiger partial charge in [0.05, 0.1) is 17.2 Å². The van der Waals surface area contributed by atoms with Gasteiger partial charge >= 0.3 is 0 Å². The topological polar surface area (TPSA) is 121 Å². The van der Waals surface area contributed by atoms with Crippen molar-refractivity contribution in [3.8, 4) is 11.5 Å². The van der Waals surface area contributed by atoms with Crippen molar-refractivity contribution >= 4 is 11.8 Å². The van der Waals surface area contributed by atoms with Crippen LogP contribution in [0.3, 0.4) is 0 Å². The average molecular weight is 488 g/mol. The second kappa shape index (κ2) is 9.50. The predicted molar refractivity (Wildman–Crippen MR) is 128 cm³/mol. The van der Waals surface area contributed by atoms with Gasteiger partial charge in [-0.05, 0) is 31.4 Å². The number of carbonyl (C=O) groups excluding carboxylic acids is 1. The second-order valence-electron chi connectivity index (χ2n) is 8.87. The molecule has 5 heterocycles. The molecule has 0 N–H and O–H groups in total. The highest BCUT2D eigenvalue weighted by molar-refractivity contribution is 5.96. The van der Waals surface area contributed by atoms with E-state index in [9.17, 15) is 4.79 Å². The van der Waals surface area contributed by atoms with Crippen molar-refractivity contribution in [2.45, 2.75) is 38.4 Å². The van der Waals surface area contributed by atoms with Crippen LogP contribution in [0.1, 0.15) is 52.8 Å². The number of amides is 1. The number of hydrogen-bond donors (Lipinski definition) is 0. The third-order valence-electron chi connectivity index (χ3n) is 6.47. The minimum atomic E-state index is -0.0393. The number of likely N-dealkylation sites (tertiary alicyclic amines) is 1. The van der Waals surface area contributed by atoms with Gasteiger partial charge in [0.25, 0.3) is 5.91 Å². The Morgan fingerprint density at radius 3 is 2.89 bits per heavy atom. The molecule has 1 fully saturated rings. The van der Waals surface area contributed by atoms with Gasteiger partial charge in [-0.25, -0.2) is 0 Å². The third-order valence-corrected chi connectivity index (χ3v) is 6.47. The summed E-state index contributed by atoms with van der Waals surface area (Å²) in [5, 5.41) is 17.5. The zero-order chi connectivity index (χ0) is 24.5. The van der Waals surface area contributed by atoms with Crippen molar-refractivity contribution in [3.63, 3.8) is 0 Å². The Hall–Kier alpha value is -4.12. The highest BCUT2D eigenvalue weighted by Crippen LogP contribution is 2.36. The Balaban J connectivity index is 1.24. The van der Waals surface area contributed by atoms with Crippen LogP contribution in [0.5, 0.6) is 0 Å². The number of carbonyl (C=O) groups is 1. The van der Waals surface area contributed by atoms with E-state index in [0.29, 0.717) is 46.9 Å². The van der Waals surface area contributed by atoms with Crippen molar-refractivity contribution < 1.29 is 18.8 Å². The highest BCUT2D eigenvalue weighted by atomic mass is 16.5. The lowest BCUT2D eigenvalue weighted by atomic mass is 9.90. The molecule has 0 aromatic carbocycles. The van der Waals surface area contributed by atoms with E-state index in [0.717, 1.165) is 37.9 Å². The average Bonchev–Trinajstić information content (AvgIpc) is 3.68. The normalized spacial score (nSPS) is 18.5. The van der Waals surface area contributed by atoms with E-state index in [1.54, 1.807) is 30.1 Å². The van der Waals surface area contributed by atoms with Crippen molar-refractivity contribution in [2.75, 3.05) is 20.2 Å².